The Morgan fingerprint density at radius 2 is 2.10 bits per heavy atom. The lowest BCUT2D eigenvalue weighted by Gasteiger charge is -2.60. The first-order valence-electron chi connectivity index (χ1n) is 7.56. The van der Waals surface area contributed by atoms with Crippen LogP contribution in [0.3, 0.4) is 0 Å². The molecule has 2 unspecified atom stereocenters. The Hall–Kier alpha value is -1.10. The van der Waals surface area contributed by atoms with Crippen molar-refractivity contribution in [3.63, 3.8) is 0 Å². The van der Waals surface area contributed by atoms with Crippen molar-refractivity contribution in [1.29, 1.82) is 0 Å². The number of phenolic OH excluding ortho intramolecular Hbond substituents is 1. The second kappa shape index (κ2) is 3.38. The summed E-state index contributed by atoms with van der Waals surface area (Å²) in [5, 5.41) is 24.9. The molecule has 2 bridgehead atoms. The van der Waals surface area contributed by atoms with E-state index in [1.807, 2.05) is 12.1 Å². The summed E-state index contributed by atoms with van der Waals surface area (Å²) in [5.74, 6) is 0.302. The van der Waals surface area contributed by atoms with Gasteiger partial charge in [0.2, 0.25) is 0 Å². The van der Waals surface area contributed by atoms with Gasteiger partial charge in [0.1, 0.15) is 5.75 Å². The minimum absolute atomic E-state index is 0.110. The molecule has 106 valence electrons. The molecule has 2 saturated heterocycles. The molecule has 1 aromatic carbocycles. The average molecular weight is 273 g/mol. The van der Waals surface area contributed by atoms with Crippen LogP contribution in [0.5, 0.6) is 5.75 Å². The first-order chi connectivity index (χ1) is 9.62. The number of aromatic hydroxyl groups is 1. The highest BCUT2D eigenvalue weighted by atomic mass is 16.6. The fourth-order valence-electron chi connectivity index (χ4n) is 5.11. The highest BCUT2D eigenvalue weighted by Gasteiger charge is 2.68. The van der Waals surface area contributed by atoms with E-state index in [-0.39, 0.29) is 17.6 Å². The van der Waals surface area contributed by atoms with Crippen LogP contribution in [0.4, 0.5) is 0 Å². The molecule has 0 aromatic heterocycles. The van der Waals surface area contributed by atoms with Crippen LogP contribution in [-0.4, -0.2) is 40.6 Å². The largest absolute Gasteiger partial charge is 0.508 e. The van der Waals surface area contributed by atoms with Crippen molar-refractivity contribution in [2.75, 3.05) is 6.54 Å². The van der Waals surface area contributed by atoms with Gasteiger partial charge in [-0.1, -0.05) is 6.07 Å². The average Bonchev–Trinajstić information content (AvgIpc) is 3.13. The molecule has 1 aromatic rings. The highest BCUT2D eigenvalue weighted by molar-refractivity contribution is 5.49. The lowest BCUT2D eigenvalue weighted by molar-refractivity contribution is -0.118. The van der Waals surface area contributed by atoms with Gasteiger partial charge < -0.3 is 20.3 Å². The Morgan fingerprint density at radius 1 is 1.25 bits per heavy atom. The maximum atomic E-state index is 11.5. The van der Waals surface area contributed by atoms with Crippen molar-refractivity contribution in [1.82, 2.24) is 5.32 Å². The van der Waals surface area contributed by atoms with Gasteiger partial charge in [-0.2, -0.15) is 0 Å². The number of phenols is 1. The Kier molecular flexibility index (Phi) is 1.95. The molecule has 5 atom stereocenters. The van der Waals surface area contributed by atoms with Crippen LogP contribution in [0.1, 0.15) is 30.4 Å². The lowest BCUT2D eigenvalue weighted by atomic mass is 9.50. The van der Waals surface area contributed by atoms with Crippen LogP contribution in [0, 0.1) is 0 Å². The van der Waals surface area contributed by atoms with E-state index in [2.05, 4.69) is 5.32 Å². The second-order valence-corrected chi connectivity index (χ2v) is 6.93. The number of hydrogen-bond acceptors (Lipinski definition) is 4. The molecule has 5 rings (SSSR count). The summed E-state index contributed by atoms with van der Waals surface area (Å²) >= 11 is 0. The number of aliphatic hydroxyl groups is 1. The number of epoxide rings is 1. The van der Waals surface area contributed by atoms with E-state index >= 15 is 0 Å². The van der Waals surface area contributed by atoms with E-state index in [0.29, 0.717) is 11.9 Å². The Labute approximate surface area is 117 Å². The molecular formula is C16H19NO3. The molecule has 2 heterocycles. The number of benzene rings is 1. The third-order valence-electron chi connectivity index (χ3n) is 6.13. The maximum absolute atomic E-state index is 11.5. The monoisotopic (exact) mass is 273 g/mol. The fourth-order valence-corrected chi connectivity index (χ4v) is 5.11. The number of nitrogens with one attached hydrogen (secondary N) is 1. The predicted octanol–water partition coefficient (Wildman–Crippen LogP) is 0.840. The molecule has 0 spiro atoms. The normalized spacial score (nSPS) is 48.0. The van der Waals surface area contributed by atoms with E-state index in [1.54, 1.807) is 6.07 Å². The first-order valence-corrected chi connectivity index (χ1v) is 7.56. The topological polar surface area (TPSA) is 65.0 Å². The van der Waals surface area contributed by atoms with Crippen molar-refractivity contribution in [2.45, 2.75) is 54.9 Å². The van der Waals surface area contributed by atoms with Gasteiger partial charge in [-0.15, -0.1) is 0 Å². The van der Waals surface area contributed by atoms with E-state index in [9.17, 15) is 10.2 Å². The van der Waals surface area contributed by atoms with Crippen LogP contribution < -0.4 is 5.32 Å². The Balaban J connectivity index is 1.77. The molecule has 2 aliphatic carbocycles. The van der Waals surface area contributed by atoms with E-state index in [4.69, 9.17) is 4.74 Å². The summed E-state index contributed by atoms with van der Waals surface area (Å²) in [6.07, 6.45) is 3.93. The summed E-state index contributed by atoms with van der Waals surface area (Å²) in [4.78, 5) is 0. The van der Waals surface area contributed by atoms with Crippen molar-refractivity contribution in [2.24, 2.45) is 0 Å². The number of piperidine rings is 1. The standard InChI is InChI=1S/C16H19NO3/c18-10-2-1-9-5-14-16(19)8-13-12(20-13)7-15(16,3-4-17-14)11(9)6-10/h1-2,6,12-14,17-19H,3-5,7-8H2/t12?,13?,14-,15-,16-/m1/s1. The molecule has 3 N–H and O–H groups in total. The summed E-state index contributed by atoms with van der Waals surface area (Å²) in [6.45, 7) is 0.930. The number of ether oxygens (including phenoxy) is 1. The molecular weight excluding hydrogens is 254 g/mol. The molecule has 4 nitrogen and oxygen atoms in total. The van der Waals surface area contributed by atoms with Crippen molar-refractivity contribution >= 4 is 0 Å². The van der Waals surface area contributed by atoms with E-state index in [1.165, 1.54) is 5.56 Å². The van der Waals surface area contributed by atoms with Crippen molar-refractivity contribution in [3.05, 3.63) is 29.3 Å². The minimum atomic E-state index is -0.732. The zero-order valence-corrected chi connectivity index (χ0v) is 11.3. The highest BCUT2D eigenvalue weighted by Crippen LogP contribution is 2.60. The van der Waals surface area contributed by atoms with Crippen LogP contribution in [0.2, 0.25) is 0 Å². The van der Waals surface area contributed by atoms with E-state index in [0.717, 1.165) is 37.8 Å². The van der Waals surface area contributed by atoms with Crippen LogP contribution >= 0.6 is 0 Å². The maximum Gasteiger partial charge on any atom is 0.115 e. The predicted molar refractivity (Wildman–Crippen MR) is 72.7 cm³/mol. The SMILES string of the molecule is Oc1ccc2c(c1)[C@]13CCN[C@H](C2)[C@]1(O)CC1OC1C3. The van der Waals surface area contributed by atoms with Gasteiger partial charge in [0.25, 0.3) is 0 Å². The Bertz CT molecular complexity index is 603. The quantitative estimate of drug-likeness (QED) is 0.613. The molecule has 0 amide bonds. The lowest BCUT2D eigenvalue weighted by Crippen LogP contribution is -2.72. The van der Waals surface area contributed by atoms with Gasteiger partial charge in [0.15, 0.2) is 0 Å². The summed E-state index contributed by atoms with van der Waals surface area (Å²) in [5.41, 5.74) is 1.45. The molecule has 20 heavy (non-hydrogen) atoms. The van der Waals surface area contributed by atoms with Gasteiger partial charge in [-0.3, -0.25) is 0 Å². The summed E-state index contributed by atoms with van der Waals surface area (Å²) in [7, 11) is 0. The van der Waals surface area contributed by atoms with Gasteiger partial charge >= 0.3 is 0 Å². The molecule has 3 fully saturated rings. The van der Waals surface area contributed by atoms with Crippen LogP contribution in [0.25, 0.3) is 0 Å². The van der Waals surface area contributed by atoms with Crippen LogP contribution in [0.15, 0.2) is 18.2 Å². The number of fused-ring (bicyclic) bond motifs is 2. The molecule has 2 aliphatic heterocycles. The first kappa shape index (κ1) is 11.5. The van der Waals surface area contributed by atoms with Gasteiger partial charge in [-0.25, -0.2) is 0 Å². The van der Waals surface area contributed by atoms with Crippen molar-refractivity contribution < 1.29 is 14.9 Å². The van der Waals surface area contributed by atoms with Crippen molar-refractivity contribution in [3.8, 4) is 5.75 Å². The van der Waals surface area contributed by atoms with Gasteiger partial charge in [0.05, 0.1) is 17.8 Å². The molecule has 4 heteroatoms. The number of hydrogen-bond donors (Lipinski definition) is 3. The van der Waals surface area contributed by atoms with Crippen LogP contribution in [-0.2, 0) is 16.6 Å². The third kappa shape index (κ3) is 1.19. The minimum Gasteiger partial charge on any atom is -0.508 e. The zero-order valence-electron chi connectivity index (χ0n) is 11.3. The third-order valence-corrected chi connectivity index (χ3v) is 6.13. The van der Waals surface area contributed by atoms with Gasteiger partial charge in [0, 0.05) is 17.9 Å². The molecule has 4 aliphatic rings. The Morgan fingerprint density at radius 3 is 3.00 bits per heavy atom. The molecule has 1 saturated carbocycles. The number of rotatable bonds is 0. The van der Waals surface area contributed by atoms with Gasteiger partial charge in [-0.05, 0) is 49.1 Å². The summed E-state index contributed by atoms with van der Waals surface area (Å²) in [6, 6.07) is 5.77. The second-order valence-electron chi connectivity index (χ2n) is 6.93. The van der Waals surface area contributed by atoms with E-state index < -0.39 is 5.60 Å². The molecule has 0 radical (unpaired) electrons. The fraction of sp³-hybridized carbons (Fsp3) is 0.625. The summed E-state index contributed by atoms with van der Waals surface area (Å²) < 4.78 is 5.73. The zero-order chi connectivity index (χ0) is 13.5. The smallest absolute Gasteiger partial charge is 0.115 e.